The minimum Gasteiger partial charge on any atom is -0.390 e. The molecule has 0 radical (unpaired) electrons. The molecule has 2 aliphatic rings. The highest BCUT2D eigenvalue weighted by molar-refractivity contribution is 7.88. The molecule has 3 atom stereocenters. The minimum absolute atomic E-state index is 0.207. The summed E-state index contributed by atoms with van der Waals surface area (Å²) in [7, 11) is -5.72. The van der Waals surface area contributed by atoms with Gasteiger partial charge in [-0.3, -0.25) is 0 Å². The van der Waals surface area contributed by atoms with E-state index in [0.29, 0.717) is 19.3 Å². The molecule has 0 heterocycles. The molecule has 1 fully saturated rings. The average molecular weight is 469 g/mol. The first-order valence-corrected chi connectivity index (χ1v) is 12.2. The molecule has 8 heteroatoms. The molecular formula is C24H27F3O4S. The van der Waals surface area contributed by atoms with Crippen LogP contribution in [0.4, 0.5) is 13.2 Å². The van der Waals surface area contributed by atoms with Crippen LogP contribution in [0.3, 0.4) is 0 Å². The molecule has 32 heavy (non-hydrogen) atoms. The van der Waals surface area contributed by atoms with Crippen LogP contribution in [-0.4, -0.2) is 24.6 Å². The van der Waals surface area contributed by atoms with E-state index in [4.69, 9.17) is 0 Å². The van der Waals surface area contributed by atoms with Crippen molar-refractivity contribution in [2.45, 2.75) is 68.4 Å². The molecule has 0 unspecified atom stereocenters. The van der Waals surface area contributed by atoms with Crippen LogP contribution >= 0.6 is 0 Å². The second-order valence-corrected chi connectivity index (χ2v) is 10.9. The van der Waals surface area contributed by atoms with Crippen molar-refractivity contribution >= 4 is 10.1 Å². The Labute approximate surface area is 186 Å². The van der Waals surface area contributed by atoms with Crippen LogP contribution < -0.4 is 4.18 Å². The van der Waals surface area contributed by atoms with Crippen molar-refractivity contribution in [2.75, 3.05) is 0 Å². The van der Waals surface area contributed by atoms with Crippen LogP contribution in [0.5, 0.6) is 5.75 Å². The zero-order chi connectivity index (χ0) is 23.2. The first-order chi connectivity index (χ1) is 14.9. The highest BCUT2D eigenvalue weighted by atomic mass is 32.2. The average Bonchev–Trinajstić information content (AvgIpc) is 2.83. The predicted molar refractivity (Wildman–Crippen MR) is 115 cm³/mol. The van der Waals surface area contributed by atoms with E-state index in [1.807, 2.05) is 25.1 Å². The summed E-state index contributed by atoms with van der Waals surface area (Å²) >= 11 is 0. The van der Waals surface area contributed by atoms with E-state index in [9.17, 15) is 26.7 Å². The van der Waals surface area contributed by atoms with Gasteiger partial charge in [-0.2, -0.15) is 21.6 Å². The number of alkyl halides is 3. The third-order valence-electron chi connectivity index (χ3n) is 7.04. The monoisotopic (exact) mass is 468 g/mol. The Morgan fingerprint density at radius 3 is 2.53 bits per heavy atom. The molecule has 0 aromatic heterocycles. The smallest absolute Gasteiger partial charge is 0.390 e. The van der Waals surface area contributed by atoms with Crippen LogP contribution in [0.2, 0.25) is 0 Å². The molecule has 0 amide bonds. The molecule has 2 aromatic rings. The maximum Gasteiger partial charge on any atom is 0.534 e. The third-order valence-corrected chi connectivity index (χ3v) is 8.02. The minimum atomic E-state index is -5.72. The van der Waals surface area contributed by atoms with Gasteiger partial charge in [-0.25, -0.2) is 0 Å². The van der Waals surface area contributed by atoms with Crippen LogP contribution in [0.1, 0.15) is 55.7 Å². The second-order valence-electron chi connectivity index (χ2n) is 9.41. The van der Waals surface area contributed by atoms with E-state index in [1.165, 1.54) is 12.1 Å². The van der Waals surface area contributed by atoms with Gasteiger partial charge >= 0.3 is 15.6 Å². The molecule has 4 rings (SSSR count). The zero-order valence-electron chi connectivity index (χ0n) is 17.9. The fourth-order valence-corrected chi connectivity index (χ4v) is 6.02. The number of fused-ring (bicyclic) bond motifs is 3. The molecule has 0 saturated heterocycles. The summed E-state index contributed by atoms with van der Waals surface area (Å²) in [6, 6.07) is 14.6. The molecule has 1 saturated carbocycles. The summed E-state index contributed by atoms with van der Waals surface area (Å²) in [5, 5.41) is 10.8. The van der Waals surface area contributed by atoms with Gasteiger partial charge in [0.25, 0.3) is 0 Å². The Morgan fingerprint density at radius 1 is 1.12 bits per heavy atom. The van der Waals surface area contributed by atoms with Crippen molar-refractivity contribution in [3.8, 4) is 5.75 Å². The van der Waals surface area contributed by atoms with Crippen molar-refractivity contribution in [1.29, 1.82) is 0 Å². The normalized spacial score (nSPS) is 28.3. The Bertz CT molecular complexity index is 1080. The van der Waals surface area contributed by atoms with E-state index in [2.05, 4.69) is 16.3 Å². The van der Waals surface area contributed by atoms with Gasteiger partial charge in [0.2, 0.25) is 0 Å². The lowest BCUT2D eigenvalue weighted by Gasteiger charge is -2.49. The maximum atomic E-state index is 12.8. The highest BCUT2D eigenvalue weighted by Crippen LogP contribution is 2.53. The molecular weight excluding hydrogens is 441 g/mol. The van der Waals surface area contributed by atoms with Crippen molar-refractivity contribution in [3.63, 3.8) is 0 Å². The van der Waals surface area contributed by atoms with Gasteiger partial charge in [0.15, 0.2) is 0 Å². The van der Waals surface area contributed by atoms with Crippen molar-refractivity contribution < 1.29 is 30.9 Å². The van der Waals surface area contributed by atoms with Gasteiger partial charge in [0.1, 0.15) is 5.75 Å². The Kier molecular flexibility index (Phi) is 5.82. The number of hydrogen-bond acceptors (Lipinski definition) is 4. The van der Waals surface area contributed by atoms with Gasteiger partial charge in [0.05, 0.1) is 5.60 Å². The largest absolute Gasteiger partial charge is 0.534 e. The van der Waals surface area contributed by atoms with Gasteiger partial charge in [-0.1, -0.05) is 36.4 Å². The van der Waals surface area contributed by atoms with Crippen LogP contribution in [0.25, 0.3) is 0 Å². The molecule has 2 aliphatic carbocycles. The number of halogens is 3. The van der Waals surface area contributed by atoms with Crippen LogP contribution in [-0.2, 0) is 28.4 Å². The molecule has 0 spiro atoms. The van der Waals surface area contributed by atoms with Gasteiger partial charge in [-0.05, 0) is 86.6 Å². The van der Waals surface area contributed by atoms with Gasteiger partial charge < -0.3 is 9.29 Å². The highest BCUT2D eigenvalue weighted by Gasteiger charge is 2.50. The molecule has 0 bridgehead atoms. The topological polar surface area (TPSA) is 63.6 Å². The van der Waals surface area contributed by atoms with E-state index >= 15 is 0 Å². The first-order valence-electron chi connectivity index (χ1n) is 10.8. The summed E-state index contributed by atoms with van der Waals surface area (Å²) in [5.41, 5.74) is -3.51. The standard InChI is InChI=1S/C24H27F3O4S/c1-22(28)12-13-23(15-17-6-3-2-4-7-17)19(16-22)9-5-8-18-14-20(10-11-21(18)23)31-32(29,30)24(25,26)27/h2-4,6-7,10-11,14,19,28H,5,8-9,12-13,15-16H2,1H3/t19-,22-,23+/m0/s1. The number of aryl methyl sites for hydroxylation is 1. The molecule has 174 valence electrons. The summed E-state index contributed by atoms with van der Waals surface area (Å²) in [6.45, 7) is 1.87. The molecule has 1 N–H and O–H groups in total. The zero-order valence-corrected chi connectivity index (χ0v) is 18.7. The number of hydrogen-bond donors (Lipinski definition) is 1. The summed E-state index contributed by atoms with van der Waals surface area (Å²) in [4.78, 5) is 0. The van der Waals surface area contributed by atoms with Crippen molar-refractivity contribution in [3.05, 3.63) is 65.2 Å². The summed E-state index contributed by atoms with van der Waals surface area (Å²) in [6.07, 6.45) is 5.08. The quantitative estimate of drug-likeness (QED) is 0.490. The van der Waals surface area contributed by atoms with E-state index < -0.39 is 21.2 Å². The lowest BCUT2D eigenvalue weighted by atomic mass is 9.56. The van der Waals surface area contributed by atoms with Crippen molar-refractivity contribution in [1.82, 2.24) is 0 Å². The van der Waals surface area contributed by atoms with Gasteiger partial charge in [-0.15, -0.1) is 0 Å². The second kappa shape index (κ2) is 8.06. The first kappa shape index (κ1) is 23.1. The molecule has 0 aliphatic heterocycles. The Morgan fingerprint density at radius 2 is 1.84 bits per heavy atom. The fraction of sp³-hybridized carbons (Fsp3) is 0.500. The predicted octanol–water partition coefficient (Wildman–Crippen LogP) is 5.28. The van der Waals surface area contributed by atoms with E-state index in [1.54, 1.807) is 6.07 Å². The Hall–Kier alpha value is -2.06. The number of aliphatic hydroxyl groups is 1. The number of benzene rings is 2. The van der Waals surface area contributed by atoms with Crippen LogP contribution in [0, 0.1) is 5.92 Å². The summed E-state index contributed by atoms with van der Waals surface area (Å²) < 4.78 is 65.7. The lowest BCUT2D eigenvalue weighted by molar-refractivity contribution is -0.0500. The fourth-order valence-electron chi connectivity index (χ4n) is 5.57. The molecule has 2 aromatic carbocycles. The van der Waals surface area contributed by atoms with Gasteiger partial charge in [0, 0.05) is 5.41 Å². The lowest BCUT2D eigenvalue weighted by Crippen LogP contribution is -2.47. The SMILES string of the molecule is C[C@]1(O)CC[C@]2(Cc3ccccc3)c3ccc(OS(=O)(=O)C(F)(F)F)cc3CCC[C@H]2C1. The van der Waals surface area contributed by atoms with Crippen molar-refractivity contribution in [2.24, 2.45) is 5.92 Å². The van der Waals surface area contributed by atoms with E-state index in [-0.39, 0.29) is 17.1 Å². The van der Waals surface area contributed by atoms with E-state index in [0.717, 1.165) is 42.4 Å². The third kappa shape index (κ3) is 4.39. The van der Waals surface area contributed by atoms with Crippen LogP contribution in [0.15, 0.2) is 48.5 Å². The maximum absolute atomic E-state index is 12.8. The number of rotatable bonds is 4. The molecule has 4 nitrogen and oxygen atoms in total. The Balaban J connectivity index is 1.77. The summed E-state index contributed by atoms with van der Waals surface area (Å²) in [5.74, 6) is -0.115.